The molecule has 0 bridgehead atoms. The van der Waals surface area contributed by atoms with Crippen LogP contribution < -0.4 is 10.5 Å². The number of nitrogens with zero attached hydrogens (tertiary/aromatic N) is 3. The molecule has 8 heteroatoms. The van der Waals surface area contributed by atoms with Crippen molar-refractivity contribution in [3.05, 3.63) is 93.4 Å². The number of unbranched alkanes of at least 4 members (excludes halogenated alkanes) is 1. The summed E-state index contributed by atoms with van der Waals surface area (Å²) in [5.41, 5.74) is 7.88. The minimum absolute atomic E-state index is 0. The third-order valence-corrected chi connectivity index (χ3v) is 6.47. The maximum atomic E-state index is 12.2. The average molecular weight is 770 g/mol. The summed E-state index contributed by atoms with van der Waals surface area (Å²) >= 11 is 0. The van der Waals surface area contributed by atoms with E-state index in [1.54, 1.807) is 14.2 Å². The van der Waals surface area contributed by atoms with Gasteiger partial charge in [-0.3, -0.25) is 4.57 Å². The van der Waals surface area contributed by atoms with Gasteiger partial charge in [0.05, 0.1) is 18.3 Å². The monoisotopic (exact) mass is 769 g/mol. The standard InChI is InChI=1S/C31H38N3O4.CH3.U/c1-9-24(38-33-19(3)4)13-11-12-14-25(22-15-20(5)29(36-8)26(17-22)27(32)10-2)23-16-21(6)30-28(18-23)34(7)31(35)37-30;;/h9,14-18H,10-13H2,1-8H3;1H3;/q2*-1;+2/b24-9-,25-14+;;. The summed E-state index contributed by atoms with van der Waals surface area (Å²) < 4.78 is 12.6. The largest absolute Gasteiger partial charge is 2.00 e. The van der Waals surface area contributed by atoms with Crippen molar-refractivity contribution in [1.82, 2.24) is 4.57 Å². The van der Waals surface area contributed by atoms with Gasteiger partial charge in [0.1, 0.15) is 11.5 Å². The topological polar surface area (TPSA) is 88.3 Å². The Kier molecular flexibility index (Phi) is 13.9. The Morgan fingerprint density at radius 1 is 1.12 bits per heavy atom. The fourth-order valence-electron chi connectivity index (χ4n) is 4.47. The second kappa shape index (κ2) is 15.8. The van der Waals surface area contributed by atoms with Gasteiger partial charge in [-0.2, -0.15) is 5.71 Å². The number of benzene rings is 2. The third-order valence-electron chi connectivity index (χ3n) is 6.47. The number of rotatable bonds is 11. The SMILES string of the molecule is C/C=C(/CCC/C=C(\c1cc(C)c(OC)c(C(=[N-])CC)c1)c1cc(C)c2oc(=O)n(C)c2c1)ON=C(C)C.[CH3-].[U+2]. The predicted molar refractivity (Wildman–Crippen MR) is 163 cm³/mol. The first-order chi connectivity index (χ1) is 18.1. The van der Waals surface area contributed by atoms with E-state index < -0.39 is 0 Å². The molecule has 0 atom stereocenters. The summed E-state index contributed by atoms with van der Waals surface area (Å²) in [4.78, 5) is 17.8. The number of hydrogen-bond donors (Lipinski definition) is 0. The summed E-state index contributed by atoms with van der Waals surface area (Å²) in [5, 5.41) is 14.8. The van der Waals surface area contributed by atoms with E-state index in [4.69, 9.17) is 14.0 Å². The molecule has 1 aromatic heterocycles. The summed E-state index contributed by atoms with van der Waals surface area (Å²) in [5.74, 6) is 1.11. The molecule has 3 rings (SSSR count). The van der Waals surface area contributed by atoms with E-state index in [-0.39, 0.29) is 50.0 Å². The van der Waals surface area contributed by atoms with E-state index in [2.05, 4.69) is 17.3 Å². The van der Waals surface area contributed by atoms with Crippen molar-refractivity contribution in [2.24, 2.45) is 12.2 Å². The maximum Gasteiger partial charge on any atom is 2.00 e. The minimum atomic E-state index is -0.389. The Morgan fingerprint density at radius 3 is 2.38 bits per heavy atom. The molecule has 0 saturated carbocycles. The van der Waals surface area contributed by atoms with Crippen molar-refractivity contribution in [3.8, 4) is 5.75 Å². The molecular weight excluding hydrogens is 728 g/mol. The first-order valence-corrected chi connectivity index (χ1v) is 13.0. The second-order valence-corrected chi connectivity index (χ2v) is 9.64. The van der Waals surface area contributed by atoms with E-state index in [1.165, 1.54) is 4.57 Å². The summed E-state index contributed by atoms with van der Waals surface area (Å²) in [6.07, 6.45) is 7.04. The molecule has 0 spiro atoms. The van der Waals surface area contributed by atoms with Crippen LogP contribution in [-0.2, 0) is 11.9 Å². The Balaban J connectivity index is 0.00000400. The van der Waals surface area contributed by atoms with E-state index in [0.717, 1.165) is 64.1 Å². The van der Waals surface area contributed by atoms with Crippen molar-refractivity contribution in [2.75, 3.05) is 7.11 Å². The molecule has 0 aliphatic rings. The molecule has 0 saturated heterocycles. The molecule has 0 fully saturated rings. The van der Waals surface area contributed by atoms with Crippen LogP contribution in [0.1, 0.15) is 81.2 Å². The fourth-order valence-corrected chi connectivity index (χ4v) is 4.47. The van der Waals surface area contributed by atoms with Crippen LogP contribution in [0.4, 0.5) is 0 Å². The smallest absolute Gasteiger partial charge is 0.807 e. The number of methoxy groups -OCH3 is 1. The minimum Gasteiger partial charge on any atom is -0.807 e. The molecule has 0 aliphatic carbocycles. The molecule has 40 heavy (non-hydrogen) atoms. The van der Waals surface area contributed by atoms with Crippen LogP contribution in [-0.4, -0.2) is 23.1 Å². The van der Waals surface area contributed by atoms with Gasteiger partial charge in [-0.05, 0) is 111 Å². The van der Waals surface area contributed by atoms with Crippen LogP contribution in [0.2, 0.25) is 0 Å². The summed E-state index contributed by atoms with van der Waals surface area (Å²) in [7, 11) is 3.33. The number of aromatic nitrogens is 1. The molecule has 0 unspecified atom stereocenters. The van der Waals surface area contributed by atoms with Gasteiger partial charge in [0.15, 0.2) is 5.58 Å². The first-order valence-electron chi connectivity index (χ1n) is 13.0. The van der Waals surface area contributed by atoms with Crippen molar-refractivity contribution < 1.29 is 45.1 Å². The molecular formula is C32H41N3O4U. The summed E-state index contributed by atoms with van der Waals surface area (Å²) in [6.45, 7) is 11.6. The van der Waals surface area contributed by atoms with Crippen LogP contribution in [0.25, 0.3) is 22.1 Å². The maximum absolute atomic E-state index is 12.2. The molecule has 0 aliphatic heterocycles. The molecule has 7 nitrogen and oxygen atoms in total. The average Bonchev–Trinajstić information content (AvgIpc) is 3.18. The van der Waals surface area contributed by atoms with Gasteiger partial charge >= 0.3 is 36.9 Å². The zero-order valence-corrected chi connectivity index (χ0v) is 29.4. The van der Waals surface area contributed by atoms with Gasteiger partial charge in [-0.25, -0.2) is 4.79 Å². The molecule has 0 radical (unpaired) electrons. The Hall–Kier alpha value is -2.82. The Bertz CT molecular complexity index is 1490. The third kappa shape index (κ3) is 8.11. The van der Waals surface area contributed by atoms with Crippen LogP contribution in [0, 0.1) is 52.4 Å². The number of allylic oxidation sites excluding steroid dienone is 3. The van der Waals surface area contributed by atoms with Gasteiger partial charge < -0.3 is 26.8 Å². The number of fused-ring (bicyclic) bond motifs is 1. The van der Waals surface area contributed by atoms with E-state index in [0.29, 0.717) is 23.3 Å². The summed E-state index contributed by atoms with van der Waals surface area (Å²) in [6, 6.07) is 8.08. The Morgan fingerprint density at radius 2 is 1.77 bits per heavy atom. The van der Waals surface area contributed by atoms with E-state index in [9.17, 15) is 10.2 Å². The number of aryl methyl sites for hydroxylation is 3. The number of hydrogen-bond acceptors (Lipinski definition) is 5. The van der Waals surface area contributed by atoms with Gasteiger partial charge in [-0.15, -0.1) is 0 Å². The quantitative estimate of drug-likeness (QED) is 0.0653. The number of oxime groups is 1. The van der Waals surface area contributed by atoms with Crippen molar-refractivity contribution in [2.45, 2.75) is 67.2 Å². The first kappa shape index (κ1) is 35.2. The van der Waals surface area contributed by atoms with Gasteiger partial charge in [0.25, 0.3) is 0 Å². The predicted octanol–water partition coefficient (Wildman–Crippen LogP) is 7.89. The molecule has 3 aromatic rings. The normalized spacial score (nSPS) is 11.5. The Labute approximate surface area is 262 Å². The number of ether oxygens (including phenoxy) is 1. The zero-order valence-electron chi connectivity index (χ0n) is 25.3. The van der Waals surface area contributed by atoms with Crippen LogP contribution in [0.3, 0.4) is 0 Å². The van der Waals surface area contributed by atoms with Crippen LogP contribution in [0.15, 0.2) is 56.5 Å². The van der Waals surface area contributed by atoms with Gasteiger partial charge in [0.2, 0.25) is 0 Å². The van der Waals surface area contributed by atoms with Crippen LogP contribution >= 0.6 is 0 Å². The van der Waals surface area contributed by atoms with Crippen molar-refractivity contribution >= 4 is 28.1 Å². The van der Waals surface area contributed by atoms with E-state index >= 15 is 0 Å². The second-order valence-electron chi connectivity index (χ2n) is 9.64. The molecule has 0 N–H and O–H groups in total. The number of oxazole rings is 1. The molecule has 1 heterocycles. The van der Waals surface area contributed by atoms with E-state index in [1.807, 2.05) is 65.8 Å². The van der Waals surface area contributed by atoms with Gasteiger partial charge in [0, 0.05) is 13.5 Å². The fraction of sp³-hybridized carbons (Fsp3) is 0.375. The van der Waals surface area contributed by atoms with Crippen LogP contribution in [0.5, 0.6) is 5.75 Å². The van der Waals surface area contributed by atoms with Crippen molar-refractivity contribution in [3.63, 3.8) is 0 Å². The molecule has 212 valence electrons. The molecule has 2 aromatic carbocycles. The zero-order chi connectivity index (χ0) is 28.0. The van der Waals surface area contributed by atoms with Gasteiger partial charge in [-0.1, -0.05) is 24.6 Å². The van der Waals surface area contributed by atoms with Crippen molar-refractivity contribution in [1.29, 1.82) is 0 Å². The molecule has 0 amide bonds.